The molecule has 0 saturated heterocycles. The zero-order valence-corrected chi connectivity index (χ0v) is 13.2. The van der Waals surface area contributed by atoms with Gasteiger partial charge in [0.05, 0.1) is 0 Å². The topological polar surface area (TPSA) is 42.0 Å². The third kappa shape index (κ3) is 3.72. The molecule has 0 fully saturated rings. The summed E-state index contributed by atoms with van der Waals surface area (Å²) in [5.74, 6) is -0.145. The number of aromatic nitrogens is 1. The smallest absolute Gasteiger partial charge is 0.257 e. The van der Waals surface area contributed by atoms with Crippen molar-refractivity contribution in [1.82, 2.24) is 4.98 Å². The fraction of sp³-hybridized carbons (Fsp3) is 0.0588. The molecular weight excluding hydrogens is 316 g/mol. The summed E-state index contributed by atoms with van der Waals surface area (Å²) >= 11 is 7.36. The number of thiazole rings is 1. The van der Waals surface area contributed by atoms with Gasteiger partial charge in [-0.1, -0.05) is 41.9 Å². The van der Waals surface area contributed by atoms with Gasteiger partial charge in [0.2, 0.25) is 0 Å². The number of halogens is 1. The SMILES string of the molecule is O=C(Nc1ncc(Cc2ccc(Cl)cc2)s1)c1ccccc1. The van der Waals surface area contributed by atoms with Gasteiger partial charge >= 0.3 is 0 Å². The molecule has 0 aliphatic rings. The summed E-state index contributed by atoms with van der Waals surface area (Å²) in [6.07, 6.45) is 2.57. The van der Waals surface area contributed by atoms with E-state index in [2.05, 4.69) is 10.3 Å². The van der Waals surface area contributed by atoms with Gasteiger partial charge in [-0.25, -0.2) is 4.98 Å². The second kappa shape index (κ2) is 6.73. The van der Waals surface area contributed by atoms with Crippen molar-refractivity contribution in [3.8, 4) is 0 Å². The highest BCUT2D eigenvalue weighted by Gasteiger charge is 2.09. The monoisotopic (exact) mass is 328 g/mol. The van der Waals surface area contributed by atoms with Gasteiger partial charge in [-0.15, -0.1) is 11.3 Å². The predicted octanol–water partition coefficient (Wildman–Crippen LogP) is 4.64. The van der Waals surface area contributed by atoms with Crippen molar-refractivity contribution < 1.29 is 4.79 Å². The van der Waals surface area contributed by atoms with Crippen molar-refractivity contribution in [2.75, 3.05) is 5.32 Å². The minimum absolute atomic E-state index is 0.145. The number of amides is 1. The molecule has 3 aromatic rings. The van der Waals surface area contributed by atoms with Crippen LogP contribution >= 0.6 is 22.9 Å². The standard InChI is InChI=1S/C17H13ClN2OS/c18-14-8-6-12(7-9-14)10-15-11-19-17(22-15)20-16(21)13-4-2-1-3-5-13/h1-9,11H,10H2,(H,19,20,21). The summed E-state index contributed by atoms with van der Waals surface area (Å²) in [6, 6.07) is 16.8. The van der Waals surface area contributed by atoms with Crippen LogP contribution in [0.5, 0.6) is 0 Å². The van der Waals surface area contributed by atoms with E-state index in [0.717, 1.165) is 21.9 Å². The molecule has 1 aromatic heterocycles. The summed E-state index contributed by atoms with van der Waals surface area (Å²) in [7, 11) is 0. The molecular formula is C17H13ClN2OS. The molecule has 0 bridgehead atoms. The Morgan fingerprint density at radius 3 is 2.55 bits per heavy atom. The van der Waals surface area contributed by atoms with E-state index < -0.39 is 0 Å². The zero-order valence-electron chi connectivity index (χ0n) is 11.6. The number of hydrogen-bond acceptors (Lipinski definition) is 3. The van der Waals surface area contributed by atoms with Gasteiger partial charge in [0.1, 0.15) is 0 Å². The van der Waals surface area contributed by atoms with E-state index in [9.17, 15) is 4.79 Å². The molecule has 0 atom stereocenters. The lowest BCUT2D eigenvalue weighted by molar-refractivity contribution is 0.102. The molecule has 0 saturated carbocycles. The summed E-state index contributed by atoms with van der Waals surface area (Å²) in [4.78, 5) is 17.4. The average molecular weight is 329 g/mol. The van der Waals surface area contributed by atoms with Crippen molar-refractivity contribution in [3.63, 3.8) is 0 Å². The van der Waals surface area contributed by atoms with Crippen LogP contribution in [0, 0.1) is 0 Å². The van der Waals surface area contributed by atoms with E-state index in [4.69, 9.17) is 11.6 Å². The molecule has 1 N–H and O–H groups in total. The molecule has 0 aliphatic heterocycles. The molecule has 0 radical (unpaired) electrons. The molecule has 1 heterocycles. The Kier molecular flexibility index (Phi) is 4.51. The largest absolute Gasteiger partial charge is 0.298 e. The van der Waals surface area contributed by atoms with Crippen LogP contribution in [0.4, 0.5) is 5.13 Å². The third-order valence-corrected chi connectivity index (χ3v) is 4.27. The molecule has 3 nitrogen and oxygen atoms in total. The number of hydrogen-bond donors (Lipinski definition) is 1. The van der Waals surface area contributed by atoms with Gasteiger partial charge in [-0.05, 0) is 29.8 Å². The first-order valence-corrected chi connectivity index (χ1v) is 7.96. The number of benzene rings is 2. The van der Waals surface area contributed by atoms with E-state index in [1.165, 1.54) is 11.3 Å². The van der Waals surface area contributed by atoms with Crippen LogP contribution < -0.4 is 5.32 Å². The minimum Gasteiger partial charge on any atom is -0.298 e. The highest BCUT2D eigenvalue weighted by Crippen LogP contribution is 2.22. The van der Waals surface area contributed by atoms with Crippen LogP contribution in [0.3, 0.4) is 0 Å². The Morgan fingerprint density at radius 1 is 1.09 bits per heavy atom. The fourth-order valence-electron chi connectivity index (χ4n) is 2.01. The normalized spacial score (nSPS) is 10.4. The van der Waals surface area contributed by atoms with E-state index in [1.807, 2.05) is 42.5 Å². The van der Waals surface area contributed by atoms with E-state index in [1.54, 1.807) is 18.3 Å². The van der Waals surface area contributed by atoms with Crippen molar-refractivity contribution in [2.45, 2.75) is 6.42 Å². The lowest BCUT2D eigenvalue weighted by Crippen LogP contribution is -2.11. The quantitative estimate of drug-likeness (QED) is 0.758. The van der Waals surface area contributed by atoms with Crippen molar-refractivity contribution in [3.05, 3.63) is 81.8 Å². The van der Waals surface area contributed by atoms with E-state index >= 15 is 0 Å². The van der Waals surface area contributed by atoms with Crippen LogP contribution in [0.2, 0.25) is 5.02 Å². The Bertz CT molecular complexity index is 769. The lowest BCUT2D eigenvalue weighted by atomic mass is 10.1. The first-order valence-electron chi connectivity index (χ1n) is 6.76. The summed E-state index contributed by atoms with van der Waals surface area (Å²) in [5.41, 5.74) is 1.78. The molecule has 22 heavy (non-hydrogen) atoms. The van der Waals surface area contributed by atoms with Crippen LogP contribution in [0.25, 0.3) is 0 Å². The molecule has 1 amide bonds. The maximum atomic E-state index is 12.1. The molecule has 0 spiro atoms. The van der Waals surface area contributed by atoms with Crippen molar-refractivity contribution in [1.29, 1.82) is 0 Å². The molecule has 5 heteroatoms. The Balaban J connectivity index is 1.66. The first-order chi connectivity index (χ1) is 10.7. The second-order valence-corrected chi connectivity index (χ2v) is 6.31. The maximum absolute atomic E-state index is 12.1. The van der Waals surface area contributed by atoms with Gasteiger partial charge in [0.25, 0.3) is 5.91 Å². The lowest BCUT2D eigenvalue weighted by Gasteiger charge is -2.01. The minimum atomic E-state index is -0.145. The number of carbonyl (C=O) groups is 1. The highest BCUT2D eigenvalue weighted by atomic mass is 35.5. The molecule has 0 aliphatic carbocycles. The van der Waals surface area contributed by atoms with Crippen LogP contribution in [0.1, 0.15) is 20.8 Å². The maximum Gasteiger partial charge on any atom is 0.257 e. The van der Waals surface area contributed by atoms with Gasteiger partial charge in [-0.3, -0.25) is 10.1 Å². The molecule has 3 rings (SSSR count). The third-order valence-electron chi connectivity index (χ3n) is 3.10. The summed E-state index contributed by atoms with van der Waals surface area (Å²) in [5, 5.41) is 4.16. The number of nitrogens with one attached hydrogen (secondary N) is 1. The van der Waals surface area contributed by atoms with Crippen LogP contribution in [0.15, 0.2) is 60.8 Å². The van der Waals surface area contributed by atoms with Crippen molar-refractivity contribution in [2.24, 2.45) is 0 Å². The van der Waals surface area contributed by atoms with Gasteiger partial charge in [0.15, 0.2) is 5.13 Å². The van der Waals surface area contributed by atoms with Gasteiger partial charge < -0.3 is 0 Å². The second-order valence-electron chi connectivity index (χ2n) is 4.76. The fourth-order valence-corrected chi connectivity index (χ4v) is 2.98. The Hall–Kier alpha value is -2.17. The van der Waals surface area contributed by atoms with Gasteiger partial charge in [0, 0.05) is 28.1 Å². The summed E-state index contributed by atoms with van der Waals surface area (Å²) < 4.78 is 0. The predicted molar refractivity (Wildman–Crippen MR) is 90.8 cm³/mol. The van der Waals surface area contributed by atoms with Gasteiger partial charge in [-0.2, -0.15) is 0 Å². The van der Waals surface area contributed by atoms with E-state index in [0.29, 0.717) is 10.7 Å². The molecule has 0 unspecified atom stereocenters. The average Bonchev–Trinajstić information content (AvgIpc) is 2.97. The van der Waals surface area contributed by atoms with E-state index in [-0.39, 0.29) is 5.91 Å². The summed E-state index contributed by atoms with van der Waals surface area (Å²) in [6.45, 7) is 0. The number of anilines is 1. The first kappa shape index (κ1) is 14.8. The molecule has 110 valence electrons. The number of carbonyl (C=O) groups excluding carboxylic acids is 1. The van der Waals surface area contributed by atoms with Crippen LogP contribution in [-0.4, -0.2) is 10.9 Å². The van der Waals surface area contributed by atoms with Crippen LogP contribution in [-0.2, 0) is 6.42 Å². The highest BCUT2D eigenvalue weighted by molar-refractivity contribution is 7.15. The number of rotatable bonds is 4. The molecule has 2 aromatic carbocycles. The zero-order chi connectivity index (χ0) is 15.4. The number of nitrogens with zero attached hydrogens (tertiary/aromatic N) is 1. The van der Waals surface area contributed by atoms with Crippen molar-refractivity contribution >= 4 is 34.0 Å². The Labute approximate surface area is 137 Å². The Morgan fingerprint density at radius 2 is 1.82 bits per heavy atom.